The summed E-state index contributed by atoms with van der Waals surface area (Å²) in [5.41, 5.74) is 0.705. The van der Waals surface area contributed by atoms with Crippen molar-refractivity contribution < 1.29 is 9.90 Å². The molecule has 2 aromatic rings. The number of carbonyl (C=O) groups excluding carboxylic acids is 1. The SMILES string of the molecule is CC.CC.CSc1cccc(C(=O)c2cnc(N3CCC(O)CC3)s2)c1. The number of thioether (sulfide) groups is 1. The first kappa shape index (κ1) is 22.7. The number of aromatic nitrogens is 1. The molecule has 6 heteroatoms. The second-order valence-electron chi connectivity index (χ2n) is 5.29. The van der Waals surface area contributed by atoms with E-state index in [2.05, 4.69) is 9.88 Å². The molecule has 0 spiro atoms. The summed E-state index contributed by atoms with van der Waals surface area (Å²) in [5.74, 6) is 0.0247. The Balaban J connectivity index is 0.000000791. The minimum atomic E-state index is -0.202. The number of ketones is 1. The molecule has 3 rings (SSSR count). The molecule has 1 N–H and O–H groups in total. The summed E-state index contributed by atoms with van der Waals surface area (Å²) in [7, 11) is 0. The van der Waals surface area contributed by atoms with Gasteiger partial charge in [-0.15, -0.1) is 11.8 Å². The fraction of sp³-hybridized carbons (Fsp3) is 0.500. The Labute approximate surface area is 165 Å². The molecule has 0 saturated carbocycles. The number of benzene rings is 1. The van der Waals surface area contributed by atoms with E-state index in [1.807, 2.05) is 58.2 Å². The first-order valence-electron chi connectivity index (χ1n) is 9.25. The smallest absolute Gasteiger partial charge is 0.204 e. The van der Waals surface area contributed by atoms with Gasteiger partial charge in [0.05, 0.1) is 17.2 Å². The van der Waals surface area contributed by atoms with E-state index < -0.39 is 0 Å². The summed E-state index contributed by atoms with van der Waals surface area (Å²) in [4.78, 5) is 20.9. The highest BCUT2D eigenvalue weighted by Gasteiger charge is 2.21. The number of rotatable bonds is 4. The summed E-state index contributed by atoms with van der Waals surface area (Å²) in [6, 6.07) is 7.67. The number of aliphatic hydroxyl groups is 1. The topological polar surface area (TPSA) is 53.4 Å². The van der Waals surface area contributed by atoms with Crippen LogP contribution >= 0.6 is 23.1 Å². The van der Waals surface area contributed by atoms with Crippen molar-refractivity contribution in [2.24, 2.45) is 0 Å². The van der Waals surface area contributed by atoms with E-state index in [0.717, 1.165) is 36.0 Å². The quantitative estimate of drug-likeness (QED) is 0.577. The predicted molar refractivity (Wildman–Crippen MR) is 114 cm³/mol. The first-order valence-corrected chi connectivity index (χ1v) is 11.3. The van der Waals surface area contributed by atoms with E-state index in [1.165, 1.54) is 11.3 Å². The molecule has 1 saturated heterocycles. The number of aliphatic hydroxyl groups excluding tert-OH is 1. The zero-order chi connectivity index (χ0) is 19.5. The number of carbonyl (C=O) groups is 1. The lowest BCUT2D eigenvalue weighted by atomic mass is 10.1. The van der Waals surface area contributed by atoms with Gasteiger partial charge < -0.3 is 10.0 Å². The molecule has 144 valence electrons. The third-order valence-corrected chi connectivity index (χ3v) is 5.57. The molecule has 1 fully saturated rings. The molecule has 1 aliphatic heterocycles. The lowest BCUT2D eigenvalue weighted by Crippen LogP contribution is -2.35. The van der Waals surface area contributed by atoms with Crippen molar-refractivity contribution in [3.05, 3.63) is 40.9 Å². The molecule has 1 aromatic carbocycles. The van der Waals surface area contributed by atoms with E-state index in [0.29, 0.717) is 10.4 Å². The van der Waals surface area contributed by atoms with Gasteiger partial charge in [-0.2, -0.15) is 0 Å². The normalized spacial score (nSPS) is 14.0. The average molecular weight is 395 g/mol. The van der Waals surface area contributed by atoms with Crippen molar-refractivity contribution in [2.75, 3.05) is 24.2 Å². The van der Waals surface area contributed by atoms with Crippen LogP contribution in [0.3, 0.4) is 0 Å². The highest BCUT2D eigenvalue weighted by atomic mass is 32.2. The van der Waals surface area contributed by atoms with Gasteiger partial charge in [-0.25, -0.2) is 4.98 Å². The fourth-order valence-corrected chi connectivity index (χ4v) is 3.87. The summed E-state index contributed by atoms with van der Waals surface area (Å²) >= 11 is 3.06. The summed E-state index contributed by atoms with van der Waals surface area (Å²) in [6.07, 6.45) is 4.99. The van der Waals surface area contributed by atoms with Crippen molar-refractivity contribution >= 4 is 34.0 Å². The van der Waals surface area contributed by atoms with Crippen LogP contribution in [0, 0.1) is 0 Å². The zero-order valence-electron chi connectivity index (χ0n) is 16.4. The first-order chi connectivity index (χ1) is 12.7. The second-order valence-corrected chi connectivity index (χ2v) is 7.18. The summed E-state index contributed by atoms with van der Waals surface area (Å²) in [6.45, 7) is 9.59. The van der Waals surface area contributed by atoms with Gasteiger partial charge in [0.1, 0.15) is 0 Å². The molecule has 2 heterocycles. The van der Waals surface area contributed by atoms with Gasteiger partial charge in [-0.1, -0.05) is 51.2 Å². The molecule has 0 bridgehead atoms. The number of thiazole rings is 1. The highest BCUT2D eigenvalue weighted by Crippen LogP contribution is 2.28. The Kier molecular flexibility index (Phi) is 10.5. The van der Waals surface area contributed by atoms with Crippen LogP contribution in [0.5, 0.6) is 0 Å². The van der Waals surface area contributed by atoms with Crippen molar-refractivity contribution in [1.29, 1.82) is 0 Å². The standard InChI is InChI=1S/C16H18N2O2S2.2C2H6/c1-21-13-4-2-3-11(9-13)15(20)14-10-17-16(22-14)18-7-5-12(19)6-8-18;2*1-2/h2-4,9-10,12,19H,5-8H2,1H3;2*1-2H3. The number of nitrogens with zero attached hydrogens (tertiary/aromatic N) is 2. The molecule has 0 unspecified atom stereocenters. The minimum absolute atomic E-state index is 0.0247. The van der Waals surface area contributed by atoms with Crippen LogP contribution in [0.2, 0.25) is 0 Å². The molecule has 26 heavy (non-hydrogen) atoms. The van der Waals surface area contributed by atoms with Crippen molar-refractivity contribution in [1.82, 2.24) is 4.98 Å². The molecular weight excluding hydrogens is 364 g/mol. The van der Waals surface area contributed by atoms with Crippen LogP contribution in [0.25, 0.3) is 0 Å². The fourth-order valence-electron chi connectivity index (χ4n) is 2.48. The minimum Gasteiger partial charge on any atom is -0.393 e. The van der Waals surface area contributed by atoms with E-state index in [9.17, 15) is 9.90 Å². The average Bonchev–Trinajstić information content (AvgIpc) is 3.21. The van der Waals surface area contributed by atoms with E-state index in [1.54, 1.807) is 18.0 Å². The van der Waals surface area contributed by atoms with Crippen LogP contribution in [0.15, 0.2) is 35.4 Å². The van der Waals surface area contributed by atoms with Crippen molar-refractivity contribution in [2.45, 2.75) is 51.5 Å². The molecule has 0 atom stereocenters. The Morgan fingerprint density at radius 1 is 1.23 bits per heavy atom. The summed E-state index contributed by atoms with van der Waals surface area (Å²) < 4.78 is 0. The number of hydrogen-bond acceptors (Lipinski definition) is 6. The van der Waals surface area contributed by atoms with Gasteiger partial charge in [0.25, 0.3) is 0 Å². The zero-order valence-corrected chi connectivity index (χ0v) is 18.0. The van der Waals surface area contributed by atoms with Crippen LogP contribution < -0.4 is 4.90 Å². The van der Waals surface area contributed by atoms with Gasteiger partial charge in [-0.05, 0) is 31.2 Å². The molecule has 1 aliphatic rings. The lowest BCUT2D eigenvalue weighted by molar-refractivity contribution is 0.104. The molecular formula is C20H30N2O2S2. The van der Waals surface area contributed by atoms with E-state index >= 15 is 0 Å². The Morgan fingerprint density at radius 2 is 1.88 bits per heavy atom. The number of hydrogen-bond donors (Lipinski definition) is 1. The van der Waals surface area contributed by atoms with Crippen LogP contribution in [0.1, 0.15) is 55.8 Å². The maximum Gasteiger partial charge on any atom is 0.204 e. The third kappa shape index (κ3) is 6.11. The Morgan fingerprint density at radius 3 is 2.50 bits per heavy atom. The third-order valence-electron chi connectivity index (χ3n) is 3.78. The largest absolute Gasteiger partial charge is 0.393 e. The van der Waals surface area contributed by atoms with Crippen molar-refractivity contribution in [3.8, 4) is 0 Å². The number of anilines is 1. The van der Waals surface area contributed by atoms with E-state index in [4.69, 9.17) is 0 Å². The Bertz CT molecular complexity index is 665. The monoisotopic (exact) mass is 394 g/mol. The molecule has 0 aliphatic carbocycles. The predicted octanol–water partition coefficient (Wildman–Crippen LogP) is 5.11. The van der Waals surface area contributed by atoms with Gasteiger partial charge in [0.2, 0.25) is 5.78 Å². The molecule has 1 aromatic heterocycles. The van der Waals surface area contributed by atoms with Crippen LogP contribution in [0.4, 0.5) is 5.13 Å². The maximum absolute atomic E-state index is 12.6. The molecule has 4 nitrogen and oxygen atoms in total. The van der Waals surface area contributed by atoms with Gasteiger partial charge in [0.15, 0.2) is 5.13 Å². The van der Waals surface area contributed by atoms with Gasteiger partial charge in [0, 0.05) is 23.5 Å². The van der Waals surface area contributed by atoms with Crippen LogP contribution in [-0.4, -0.2) is 41.3 Å². The molecule has 0 amide bonds. The van der Waals surface area contributed by atoms with Gasteiger partial charge in [-0.3, -0.25) is 4.79 Å². The van der Waals surface area contributed by atoms with E-state index in [-0.39, 0.29) is 11.9 Å². The van der Waals surface area contributed by atoms with Crippen LogP contribution in [-0.2, 0) is 0 Å². The number of piperidine rings is 1. The second kappa shape index (κ2) is 12.1. The van der Waals surface area contributed by atoms with Gasteiger partial charge >= 0.3 is 0 Å². The lowest BCUT2D eigenvalue weighted by Gasteiger charge is -2.28. The maximum atomic E-state index is 12.6. The highest BCUT2D eigenvalue weighted by molar-refractivity contribution is 7.98. The molecule has 0 radical (unpaired) electrons. The van der Waals surface area contributed by atoms with Crippen molar-refractivity contribution in [3.63, 3.8) is 0 Å². The summed E-state index contributed by atoms with van der Waals surface area (Å²) in [5, 5.41) is 10.4. The Hall–Kier alpha value is -1.37.